The lowest BCUT2D eigenvalue weighted by Crippen LogP contribution is -2.01. The molecule has 1 heterocycles. The number of halogens is 3. The molecular weight excluding hydrogens is 329 g/mol. The predicted octanol–water partition coefficient (Wildman–Crippen LogP) is 3.28. The molecule has 0 radical (unpaired) electrons. The number of H-pyrrole nitrogens is 1. The van der Waals surface area contributed by atoms with Crippen molar-refractivity contribution in [3.63, 3.8) is 0 Å². The molecule has 6 heteroatoms. The quantitative estimate of drug-likeness (QED) is 0.874. The number of ether oxygens (including phenoxy) is 1. The maximum absolute atomic E-state index is 12.0. The van der Waals surface area contributed by atoms with Crippen molar-refractivity contribution in [2.45, 2.75) is 6.61 Å². The third-order valence-electron chi connectivity index (χ3n) is 1.94. The van der Waals surface area contributed by atoms with Gasteiger partial charge in [0.25, 0.3) is 0 Å². The number of hydrogen-bond donors (Lipinski definition) is 1. The predicted molar refractivity (Wildman–Crippen MR) is 63.4 cm³/mol. The van der Waals surface area contributed by atoms with Crippen molar-refractivity contribution in [1.82, 2.24) is 10.2 Å². The Labute approximate surface area is 104 Å². The average Bonchev–Trinajstić information content (AvgIpc) is 2.64. The van der Waals surface area contributed by atoms with Crippen LogP contribution in [0.4, 0.5) is 8.78 Å². The van der Waals surface area contributed by atoms with E-state index in [1.54, 1.807) is 24.4 Å². The van der Waals surface area contributed by atoms with Gasteiger partial charge in [-0.05, 0) is 34.7 Å². The van der Waals surface area contributed by atoms with Crippen LogP contribution < -0.4 is 4.74 Å². The van der Waals surface area contributed by atoms with Gasteiger partial charge in [0.15, 0.2) is 0 Å². The number of hydrogen-bond acceptors (Lipinski definition) is 2. The minimum Gasteiger partial charge on any atom is -0.435 e. The first-order valence-corrected chi connectivity index (χ1v) is 5.49. The summed E-state index contributed by atoms with van der Waals surface area (Å²) in [7, 11) is 0. The lowest BCUT2D eigenvalue weighted by Gasteiger charge is -2.05. The molecule has 0 atom stereocenters. The molecule has 0 aliphatic rings. The van der Waals surface area contributed by atoms with E-state index >= 15 is 0 Å². The van der Waals surface area contributed by atoms with E-state index in [4.69, 9.17) is 0 Å². The first-order valence-electron chi connectivity index (χ1n) is 4.41. The first kappa shape index (κ1) is 11.3. The molecule has 2 rings (SSSR count). The van der Waals surface area contributed by atoms with Crippen LogP contribution in [-0.4, -0.2) is 16.8 Å². The summed E-state index contributed by atoms with van der Waals surface area (Å²) in [6.45, 7) is -2.81. The van der Waals surface area contributed by atoms with E-state index in [0.29, 0.717) is 0 Å². The fourth-order valence-electron chi connectivity index (χ4n) is 1.30. The van der Waals surface area contributed by atoms with Crippen LogP contribution in [0, 0.1) is 3.57 Å². The fourth-order valence-corrected chi connectivity index (χ4v) is 1.87. The van der Waals surface area contributed by atoms with Gasteiger partial charge < -0.3 is 4.74 Å². The van der Waals surface area contributed by atoms with Crippen LogP contribution in [-0.2, 0) is 0 Å². The molecule has 0 unspecified atom stereocenters. The molecule has 0 saturated heterocycles. The number of alkyl halides is 2. The van der Waals surface area contributed by atoms with E-state index in [-0.39, 0.29) is 5.75 Å². The van der Waals surface area contributed by atoms with Crippen LogP contribution in [0.25, 0.3) is 11.3 Å². The van der Waals surface area contributed by atoms with Crippen LogP contribution in [0.2, 0.25) is 0 Å². The SMILES string of the molecule is FC(F)Oc1cccc(-c2[nH]ncc2I)c1. The Morgan fingerprint density at radius 2 is 2.19 bits per heavy atom. The topological polar surface area (TPSA) is 37.9 Å². The minimum absolute atomic E-state index is 0.137. The molecule has 0 aliphatic carbocycles. The lowest BCUT2D eigenvalue weighted by molar-refractivity contribution is -0.0498. The summed E-state index contributed by atoms with van der Waals surface area (Å²) in [6.07, 6.45) is 1.66. The molecule has 2 aromatic rings. The summed E-state index contributed by atoms with van der Waals surface area (Å²) in [4.78, 5) is 0. The van der Waals surface area contributed by atoms with Gasteiger partial charge >= 0.3 is 6.61 Å². The second-order valence-corrected chi connectivity index (χ2v) is 4.16. The third-order valence-corrected chi connectivity index (χ3v) is 2.76. The fraction of sp³-hybridized carbons (Fsp3) is 0.100. The summed E-state index contributed by atoms with van der Waals surface area (Å²) >= 11 is 2.11. The first-order chi connectivity index (χ1) is 7.66. The molecule has 3 nitrogen and oxygen atoms in total. The Kier molecular flexibility index (Phi) is 3.37. The highest BCUT2D eigenvalue weighted by atomic mass is 127. The lowest BCUT2D eigenvalue weighted by atomic mass is 10.1. The second-order valence-electron chi connectivity index (χ2n) is 3.00. The van der Waals surface area contributed by atoms with Gasteiger partial charge in [0, 0.05) is 5.56 Å². The Morgan fingerprint density at radius 3 is 2.81 bits per heavy atom. The van der Waals surface area contributed by atoms with E-state index in [1.165, 1.54) is 6.07 Å². The van der Waals surface area contributed by atoms with Crippen molar-refractivity contribution >= 4 is 22.6 Å². The minimum atomic E-state index is -2.81. The molecule has 0 fully saturated rings. The molecule has 16 heavy (non-hydrogen) atoms. The molecule has 1 N–H and O–H groups in total. The Balaban J connectivity index is 2.33. The van der Waals surface area contributed by atoms with Crippen molar-refractivity contribution in [2.75, 3.05) is 0 Å². The van der Waals surface area contributed by atoms with Gasteiger partial charge in [-0.2, -0.15) is 13.9 Å². The van der Waals surface area contributed by atoms with Gasteiger partial charge in [-0.3, -0.25) is 5.10 Å². The van der Waals surface area contributed by atoms with Crippen molar-refractivity contribution in [3.8, 4) is 17.0 Å². The highest BCUT2D eigenvalue weighted by Gasteiger charge is 2.08. The maximum atomic E-state index is 12.0. The summed E-state index contributed by atoms with van der Waals surface area (Å²) in [5.41, 5.74) is 1.56. The Hall–Kier alpha value is -1.18. The molecule has 84 valence electrons. The van der Waals surface area contributed by atoms with E-state index in [0.717, 1.165) is 14.8 Å². The molecular formula is C10H7F2IN2O. The maximum Gasteiger partial charge on any atom is 0.387 e. The third kappa shape index (κ3) is 2.49. The highest BCUT2D eigenvalue weighted by Crippen LogP contribution is 2.26. The van der Waals surface area contributed by atoms with Crippen molar-refractivity contribution in [1.29, 1.82) is 0 Å². The van der Waals surface area contributed by atoms with Gasteiger partial charge in [-0.25, -0.2) is 0 Å². The van der Waals surface area contributed by atoms with E-state index in [9.17, 15) is 8.78 Å². The number of nitrogens with zero attached hydrogens (tertiary/aromatic N) is 1. The zero-order chi connectivity index (χ0) is 11.5. The largest absolute Gasteiger partial charge is 0.435 e. The van der Waals surface area contributed by atoms with Crippen LogP contribution >= 0.6 is 22.6 Å². The normalized spacial score (nSPS) is 10.8. The zero-order valence-corrected chi connectivity index (χ0v) is 10.1. The second kappa shape index (κ2) is 4.77. The van der Waals surface area contributed by atoms with Gasteiger partial charge in [0.05, 0.1) is 15.5 Å². The van der Waals surface area contributed by atoms with Crippen LogP contribution in [0.15, 0.2) is 30.5 Å². The van der Waals surface area contributed by atoms with Crippen LogP contribution in [0.1, 0.15) is 0 Å². The smallest absolute Gasteiger partial charge is 0.387 e. The van der Waals surface area contributed by atoms with Crippen LogP contribution in [0.3, 0.4) is 0 Å². The van der Waals surface area contributed by atoms with E-state index in [1.807, 2.05) is 0 Å². The Morgan fingerprint density at radius 1 is 1.38 bits per heavy atom. The standard InChI is InChI=1S/C10H7F2IN2O/c11-10(12)16-7-3-1-2-6(4-7)9-8(13)5-14-15-9/h1-5,10H,(H,14,15). The number of benzene rings is 1. The number of nitrogens with one attached hydrogen (secondary N) is 1. The summed E-state index contributed by atoms with van der Waals surface area (Å²) in [5, 5.41) is 6.67. The molecule has 0 aliphatic heterocycles. The van der Waals surface area contributed by atoms with Crippen molar-refractivity contribution < 1.29 is 13.5 Å². The van der Waals surface area contributed by atoms with Gasteiger partial charge in [0.1, 0.15) is 5.75 Å². The van der Waals surface area contributed by atoms with Gasteiger partial charge in [-0.15, -0.1) is 0 Å². The molecule has 0 spiro atoms. The summed E-state index contributed by atoms with van der Waals surface area (Å²) in [5.74, 6) is 0.137. The highest BCUT2D eigenvalue weighted by molar-refractivity contribution is 14.1. The Bertz CT molecular complexity index is 487. The number of rotatable bonds is 3. The zero-order valence-electron chi connectivity index (χ0n) is 7.95. The molecule has 0 bridgehead atoms. The van der Waals surface area contributed by atoms with Crippen LogP contribution in [0.5, 0.6) is 5.75 Å². The average molecular weight is 336 g/mol. The number of aromatic amines is 1. The van der Waals surface area contributed by atoms with Crippen molar-refractivity contribution in [3.05, 3.63) is 34.0 Å². The summed E-state index contributed by atoms with van der Waals surface area (Å²) in [6, 6.07) is 6.48. The molecule has 1 aromatic heterocycles. The molecule has 0 saturated carbocycles. The summed E-state index contributed by atoms with van der Waals surface area (Å²) < 4.78 is 29.3. The van der Waals surface area contributed by atoms with E-state index in [2.05, 4.69) is 37.5 Å². The van der Waals surface area contributed by atoms with E-state index < -0.39 is 6.61 Å². The monoisotopic (exact) mass is 336 g/mol. The van der Waals surface area contributed by atoms with Gasteiger partial charge in [0.2, 0.25) is 0 Å². The molecule has 0 amide bonds. The molecule has 1 aromatic carbocycles. The van der Waals surface area contributed by atoms with Gasteiger partial charge in [-0.1, -0.05) is 12.1 Å². The van der Waals surface area contributed by atoms with Crippen molar-refractivity contribution in [2.24, 2.45) is 0 Å². The number of aromatic nitrogens is 2.